The molecule has 33 heavy (non-hydrogen) atoms. The van der Waals surface area contributed by atoms with Crippen LogP contribution in [0.4, 0.5) is 5.69 Å². The van der Waals surface area contributed by atoms with Crippen molar-refractivity contribution < 1.29 is 23.9 Å². The summed E-state index contributed by atoms with van der Waals surface area (Å²) in [7, 11) is 0. The number of rotatable bonds is 6. The Kier molecular flexibility index (Phi) is 7.59. The fourth-order valence-corrected chi connectivity index (χ4v) is 4.45. The van der Waals surface area contributed by atoms with Crippen LogP contribution in [-0.4, -0.2) is 41.2 Å². The van der Waals surface area contributed by atoms with Crippen LogP contribution in [0.2, 0.25) is 20.1 Å². The van der Waals surface area contributed by atoms with E-state index in [9.17, 15) is 19.2 Å². The number of halogens is 4. The van der Waals surface area contributed by atoms with Gasteiger partial charge in [0, 0.05) is 5.69 Å². The van der Waals surface area contributed by atoms with Gasteiger partial charge in [0.2, 0.25) is 0 Å². The van der Waals surface area contributed by atoms with Gasteiger partial charge in [0.25, 0.3) is 17.7 Å². The van der Waals surface area contributed by atoms with E-state index in [1.54, 1.807) is 32.0 Å². The van der Waals surface area contributed by atoms with Crippen LogP contribution >= 0.6 is 46.4 Å². The fourth-order valence-electron chi connectivity index (χ4n) is 3.44. The topological polar surface area (TPSA) is 92.8 Å². The van der Waals surface area contributed by atoms with E-state index in [1.165, 1.54) is 0 Å². The van der Waals surface area contributed by atoms with E-state index < -0.39 is 42.3 Å². The van der Waals surface area contributed by atoms with Gasteiger partial charge in [-0.1, -0.05) is 72.4 Å². The molecule has 0 bridgehead atoms. The van der Waals surface area contributed by atoms with Crippen LogP contribution in [0, 0.1) is 12.8 Å². The van der Waals surface area contributed by atoms with Crippen molar-refractivity contribution in [2.24, 2.45) is 5.92 Å². The third kappa shape index (κ3) is 4.82. The van der Waals surface area contributed by atoms with Gasteiger partial charge in [-0.05, 0) is 30.5 Å². The molecule has 0 saturated carbocycles. The Morgan fingerprint density at radius 3 is 2.00 bits per heavy atom. The summed E-state index contributed by atoms with van der Waals surface area (Å²) in [5.74, 6) is -3.80. The molecule has 1 aliphatic rings. The summed E-state index contributed by atoms with van der Waals surface area (Å²) in [6.45, 7) is 4.49. The molecule has 1 N–H and O–H groups in total. The van der Waals surface area contributed by atoms with Crippen molar-refractivity contribution in [2.45, 2.75) is 26.8 Å². The number of nitrogens with zero attached hydrogens (tertiary/aromatic N) is 1. The Hall–Kier alpha value is -2.32. The highest BCUT2D eigenvalue weighted by Gasteiger charge is 2.48. The number of fused-ring (bicyclic) bond motifs is 1. The first kappa shape index (κ1) is 25.3. The molecule has 0 saturated heterocycles. The van der Waals surface area contributed by atoms with Gasteiger partial charge in [-0.25, -0.2) is 4.79 Å². The van der Waals surface area contributed by atoms with E-state index in [2.05, 4.69) is 5.32 Å². The molecule has 174 valence electrons. The van der Waals surface area contributed by atoms with Gasteiger partial charge in [-0.3, -0.25) is 19.3 Å². The molecule has 2 aromatic rings. The number of carbonyl (C=O) groups excluding carboxylic acids is 4. The van der Waals surface area contributed by atoms with Gasteiger partial charge in [0.1, 0.15) is 6.04 Å². The Bertz CT molecular complexity index is 1130. The standard InChI is InChI=1S/C22H18Cl4N2O5/c1-9(2)19(22(32)33-8-12(29)27-11-6-4-5-10(3)7-11)28-20(30)13-14(21(28)31)16(24)18(26)17(25)15(13)23/h4-7,9,19H,8H2,1-3H3,(H,27,29)/t19-/m1/s1. The number of hydrogen-bond donors (Lipinski definition) is 1. The quantitative estimate of drug-likeness (QED) is 0.233. The second kappa shape index (κ2) is 9.89. The van der Waals surface area contributed by atoms with Gasteiger partial charge in [0.15, 0.2) is 6.61 Å². The third-order valence-corrected chi connectivity index (χ3v) is 6.73. The van der Waals surface area contributed by atoms with Crippen LogP contribution in [-0.2, 0) is 14.3 Å². The molecule has 0 fully saturated rings. The number of benzene rings is 2. The molecule has 0 aromatic heterocycles. The molecule has 0 unspecified atom stereocenters. The minimum absolute atomic E-state index is 0.179. The monoisotopic (exact) mass is 530 g/mol. The lowest BCUT2D eigenvalue weighted by atomic mass is 10.0. The number of aryl methyl sites for hydroxylation is 1. The lowest BCUT2D eigenvalue weighted by molar-refractivity contribution is -0.152. The lowest BCUT2D eigenvalue weighted by Gasteiger charge is -2.27. The fraction of sp³-hybridized carbons (Fsp3) is 0.273. The highest BCUT2D eigenvalue weighted by molar-refractivity contribution is 6.55. The van der Waals surface area contributed by atoms with Crippen molar-refractivity contribution in [3.05, 3.63) is 61.0 Å². The van der Waals surface area contributed by atoms with Gasteiger partial charge in [-0.15, -0.1) is 0 Å². The molecule has 3 rings (SSSR count). The Balaban J connectivity index is 1.81. The zero-order valence-corrected chi connectivity index (χ0v) is 20.7. The molecule has 1 heterocycles. The van der Waals surface area contributed by atoms with Gasteiger partial charge < -0.3 is 10.1 Å². The van der Waals surface area contributed by atoms with Crippen molar-refractivity contribution in [3.63, 3.8) is 0 Å². The summed E-state index contributed by atoms with van der Waals surface area (Å²) >= 11 is 24.4. The van der Waals surface area contributed by atoms with Crippen molar-refractivity contribution in [1.29, 1.82) is 0 Å². The maximum absolute atomic E-state index is 13.1. The van der Waals surface area contributed by atoms with E-state index in [1.807, 2.05) is 13.0 Å². The molecular weight excluding hydrogens is 514 g/mol. The van der Waals surface area contributed by atoms with Gasteiger partial charge in [0.05, 0.1) is 31.2 Å². The smallest absolute Gasteiger partial charge is 0.330 e. The van der Waals surface area contributed by atoms with Gasteiger partial charge >= 0.3 is 5.97 Å². The Morgan fingerprint density at radius 2 is 1.52 bits per heavy atom. The van der Waals surface area contributed by atoms with Crippen molar-refractivity contribution >= 4 is 75.8 Å². The molecule has 0 aliphatic carbocycles. The molecular formula is C22H18Cl4N2O5. The first-order chi connectivity index (χ1) is 15.5. The summed E-state index contributed by atoms with van der Waals surface area (Å²) in [5, 5.41) is 1.77. The molecule has 0 spiro atoms. The van der Waals surface area contributed by atoms with Crippen molar-refractivity contribution in [2.75, 3.05) is 11.9 Å². The zero-order valence-electron chi connectivity index (χ0n) is 17.7. The number of esters is 1. The summed E-state index contributed by atoms with van der Waals surface area (Å²) in [4.78, 5) is 51.9. The van der Waals surface area contributed by atoms with Crippen LogP contribution in [0.3, 0.4) is 0 Å². The highest BCUT2D eigenvalue weighted by Crippen LogP contribution is 2.45. The summed E-state index contributed by atoms with van der Waals surface area (Å²) < 4.78 is 5.13. The maximum Gasteiger partial charge on any atom is 0.330 e. The first-order valence-corrected chi connectivity index (χ1v) is 11.2. The van der Waals surface area contributed by atoms with Crippen molar-refractivity contribution in [3.8, 4) is 0 Å². The van der Waals surface area contributed by atoms with Crippen LogP contribution in [0.1, 0.15) is 40.1 Å². The van der Waals surface area contributed by atoms with E-state index in [4.69, 9.17) is 51.1 Å². The van der Waals surface area contributed by atoms with E-state index in [-0.39, 0.29) is 31.2 Å². The molecule has 1 aliphatic heterocycles. The third-order valence-electron chi connectivity index (χ3n) is 4.93. The minimum atomic E-state index is -1.34. The van der Waals surface area contributed by atoms with Crippen molar-refractivity contribution in [1.82, 2.24) is 4.90 Å². The van der Waals surface area contributed by atoms with E-state index in [0.717, 1.165) is 5.56 Å². The summed E-state index contributed by atoms with van der Waals surface area (Å²) in [6.07, 6.45) is 0. The molecule has 7 nitrogen and oxygen atoms in total. The number of amides is 3. The minimum Gasteiger partial charge on any atom is -0.454 e. The first-order valence-electron chi connectivity index (χ1n) is 9.72. The number of carbonyl (C=O) groups is 4. The van der Waals surface area contributed by atoms with Crippen LogP contribution in [0.5, 0.6) is 0 Å². The number of anilines is 1. The average molecular weight is 532 g/mol. The summed E-state index contributed by atoms with van der Waals surface area (Å²) in [6, 6.07) is 5.73. The molecule has 11 heteroatoms. The van der Waals surface area contributed by atoms with E-state index >= 15 is 0 Å². The molecule has 2 aromatic carbocycles. The van der Waals surface area contributed by atoms with Crippen LogP contribution in [0.15, 0.2) is 24.3 Å². The molecule has 0 radical (unpaired) electrons. The second-order valence-corrected chi connectivity index (χ2v) is 9.21. The average Bonchev–Trinajstić information content (AvgIpc) is 3.00. The van der Waals surface area contributed by atoms with E-state index in [0.29, 0.717) is 10.6 Å². The maximum atomic E-state index is 13.1. The zero-order chi connectivity index (χ0) is 24.6. The van der Waals surface area contributed by atoms with Crippen LogP contribution in [0.25, 0.3) is 0 Å². The number of ether oxygens (including phenoxy) is 1. The normalized spacial score (nSPS) is 13.9. The molecule has 3 amide bonds. The summed E-state index contributed by atoms with van der Waals surface area (Å²) in [5.41, 5.74) is 0.996. The predicted octanol–water partition coefficient (Wildman–Crippen LogP) is 5.41. The SMILES string of the molecule is Cc1cccc(NC(=O)COC(=O)[C@@H](C(C)C)N2C(=O)c3c(Cl)c(Cl)c(Cl)c(Cl)c3C2=O)c1. The second-order valence-electron chi connectivity index (χ2n) is 7.70. The largest absolute Gasteiger partial charge is 0.454 e. The highest BCUT2D eigenvalue weighted by atomic mass is 35.5. The number of imide groups is 1. The lowest BCUT2D eigenvalue weighted by Crippen LogP contribution is -2.49. The number of nitrogens with one attached hydrogen (secondary N) is 1. The Morgan fingerprint density at radius 1 is 0.970 bits per heavy atom. The van der Waals surface area contributed by atoms with Crippen LogP contribution < -0.4 is 5.32 Å². The molecule has 1 atom stereocenters. The Labute approximate surface area is 209 Å². The van der Waals surface area contributed by atoms with Gasteiger partial charge in [-0.2, -0.15) is 0 Å². The predicted molar refractivity (Wildman–Crippen MR) is 126 cm³/mol. The number of hydrogen-bond acceptors (Lipinski definition) is 5.